The Bertz CT molecular complexity index is 404. The number of nitrogens with zero attached hydrogens (tertiary/aromatic N) is 1. The molecule has 1 aromatic rings. The Labute approximate surface area is 95.2 Å². The van der Waals surface area contributed by atoms with Crippen LogP contribution in [0.5, 0.6) is 0 Å². The van der Waals surface area contributed by atoms with Gasteiger partial charge in [-0.2, -0.15) is 0 Å². The van der Waals surface area contributed by atoms with Gasteiger partial charge < -0.3 is 10.1 Å². The van der Waals surface area contributed by atoms with Gasteiger partial charge in [0.25, 0.3) is 0 Å². The molecule has 0 aromatic heterocycles. The maximum atomic E-state index is 11.6. The molecule has 0 fully saturated rings. The van der Waals surface area contributed by atoms with E-state index in [4.69, 9.17) is 4.74 Å². The zero-order chi connectivity index (χ0) is 11.5. The van der Waals surface area contributed by atoms with Crippen molar-refractivity contribution in [2.75, 3.05) is 30.9 Å². The standard InChI is InChI=1S/C12H16N2O2/c1-13-10-6-3-7-11-9(10)5-4-8-14(11)12(15)16-2/h3,6-7,13H,4-5,8H2,1-2H3. The second-order valence-corrected chi connectivity index (χ2v) is 3.78. The van der Waals surface area contributed by atoms with E-state index < -0.39 is 0 Å². The van der Waals surface area contributed by atoms with E-state index in [-0.39, 0.29) is 6.09 Å². The van der Waals surface area contributed by atoms with Crippen LogP contribution in [0.4, 0.5) is 16.2 Å². The van der Waals surface area contributed by atoms with Crippen molar-refractivity contribution in [3.8, 4) is 0 Å². The number of fused-ring (bicyclic) bond motifs is 1. The zero-order valence-electron chi connectivity index (χ0n) is 9.62. The number of hydrogen-bond donors (Lipinski definition) is 1. The van der Waals surface area contributed by atoms with Crippen molar-refractivity contribution in [3.63, 3.8) is 0 Å². The third kappa shape index (κ3) is 1.71. The van der Waals surface area contributed by atoms with Crippen molar-refractivity contribution in [3.05, 3.63) is 23.8 Å². The van der Waals surface area contributed by atoms with Crippen LogP contribution in [-0.2, 0) is 11.2 Å². The van der Waals surface area contributed by atoms with Gasteiger partial charge in [0.15, 0.2) is 0 Å². The maximum Gasteiger partial charge on any atom is 0.414 e. The third-order valence-electron chi connectivity index (χ3n) is 2.91. The first-order chi connectivity index (χ1) is 7.77. The van der Waals surface area contributed by atoms with E-state index in [1.807, 2.05) is 25.2 Å². The molecular formula is C12H16N2O2. The second-order valence-electron chi connectivity index (χ2n) is 3.78. The molecule has 4 nitrogen and oxygen atoms in total. The highest BCUT2D eigenvalue weighted by atomic mass is 16.5. The second kappa shape index (κ2) is 4.43. The summed E-state index contributed by atoms with van der Waals surface area (Å²) in [6, 6.07) is 5.94. The Morgan fingerprint density at radius 3 is 3.00 bits per heavy atom. The van der Waals surface area contributed by atoms with Gasteiger partial charge in [-0.05, 0) is 30.5 Å². The maximum absolute atomic E-state index is 11.6. The Kier molecular flexibility index (Phi) is 2.99. The predicted molar refractivity (Wildman–Crippen MR) is 64.1 cm³/mol. The van der Waals surface area contributed by atoms with Gasteiger partial charge in [0.1, 0.15) is 0 Å². The number of nitrogens with one attached hydrogen (secondary N) is 1. The van der Waals surface area contributed by atoms with Crippen LogP contribution in [0.1, 0.15) is 12.0 Å². The van der Waals surface area contributed by atoms with E-state index in [0.717, 1.165) is 30.8 Å². The quantitative estimate of drug-likeness (QED) is 0.789. The van der Waals surface area contributed by atoms with E-state index in [9.17, 15) is 4.79 Å². The van der Waals surface area contributed by atoms with Crippen LogP contribution in [0, 0.1) is 0 Å². The summed E-state index contributed by atoms with van der Waals surface area (Å²) >= 11 is 0. The fraction of sp³-hybridized carbons (Fsp3) is 0.417. The molecule has 0 aliphatic carbocycles. The van der Waals surface area contributed by atoms with Crippen LogP contribution in [0.15, 0.2) is 18.2 Å². The van der Waals surface area contributed by atoms with Gasteiger partial charge in [0.2, 0.25) is 0 Å². The summed E-state index contributed by atoms with van der Waals surface area (Å²) in [4.78, 5) is 13.3. The summed E-state index contributed by atoms with van der Waals surface area (Å²) in [6.45, 7) is 0.729. The number of methoxy groups -OCH3 is 1. The van der Waals surface area contributed by atoms with Gasteiger partial charge >= 0.3 is 6.09 Å². The van der Waals surface area contributed by atoms with Crippen molar-refractivity contribution in [2.45, 2.75) is 12.8 Å². The number of ether oxygens (including phenoxy) is 1. The summed E-state index contributed by atoms with van der Waals surface area (Å²) in [5, 5.41) is 3.15. The lowest BCUT2D eigenvalue weighted by atomic mass is 10.00. The average molecular weight is 220 g/mol. The number of rotatable bonds is 1. The predicted octanol–water partition coefficient (Wildman–Crippen LogP) is 2.25. The van der Waals surface area contributed by atoms with Crippen molar-refractivity contribution < 1.29 is 9.53 Å². The molecule has 0 spiro atoms. The number of carbonyl (C=O) groups is 1. The molecule has 1 aliphatic heterocycles. The topological polar surface area (TPSA) is 41.6 Å². The lowest BCUT2D eigenvalue weighted by Gasteiger charge is -2.29. The monoisotopic (exact) mass is 220 g/mol. The first kappa shape index (κ1) is 10.8. The normalized spacial score (nSPS) is 14.2. The van der Waals surface area contributed by atoms with E-state index >= 15 is 0 Å². The number of hydrogen-bond acceptors (Lipinski definition) is 3. The molecule has 0 radical (unpaired) electrons. The average Bonchev–Trinajstić information content (AvgIpc) is 2.36. The Morgan fingerprint density at radius 1 is 1.50 bits per heavy atom. The summed E-state index contributed by atoms with van der Waals surface area (Å²) in [6.07, 6.45) is 1.69. The molecule has 0 unspecified atom stereocenters. The van der Waals surface area contributed by atoms with E-state index in [1.165, 1.54) is 12.7 Å². The lowest BCUT2D eigenvalue weighted by Crippen LogP contribution is -2.35. The summed E-state index contributed by atoms with van der Waals surface area (Å²) in [5.74, 6) is 0. The fourth-order valence-corrected chi connectivity index (χ4v) is 2.16. The van der Waals surface area contributed by atoms with Gasteiger partial charge in [-0.15, -0.1) is 0 Å². The van der Waals surface area contributed by atoms with Crippen LogP contribution >= 0.6 is 0 Å². The highest BCUT2D eigenvalue weighted by molar-refractivity contribution is 5.90. The van der Waals surface area contributed by atoms with Crippen molar-refractivity contribution in [1.29, 1.82) is 0 Å². The Morgan fingerprint density at radius 2 is 2.31 bits per heavy atom. The molecule has 1 heterocycles. The molecule has 0 saturated heterocycles. The largest absolute Gasteiger partial charge is 0.452 e. The lowest BCUT2D eigenvalue weighted by molar-refractivity contribution is 0.178. The first-order valence-corrected chi connectivity index (χ1v) is 5.43. The van der Waals surface area contributed by atoms with Gasteiger partial charge in [-0.3, -0.25) is 4.90 Å². The van der Waals surface area contributed by atoms with Crippen LogP contribution in [-0.4, -0.2) is 26.8 Å². The molecule has 1 amide bonds. The number of amides is 1. The molecule has 86 valence electrons. The SMILES string of the molecule is CNc1cccc2c1CCCN2C(=O)OC. The molecule has 1 aromatic carbocycles. The molecule has 2 rings (SSSR count). The van der Waals surface area contributed by atoms with Crippen molar-refractivity contribution in [1.82, 2.24) is 0 Å². The molecular weight excluding hydrogens is 204 g/mol. The number of benzene rings is 1. The highest BCUT2D eigenvalue weighted by Gasteiger charge is 2.24. The molecule has 1 N–H and O–H groups in total. The Hall–Kier alpha value is -1.71. The minimum atomic E-state index is -0.283. The molecule has 0 bridgehead atoms. The molecule has 1 aliphatic rings. The van der Waals surface area contributed by atoms with Crippen LogP contribution in [0.2, 0.25) is 0 Å². The molecule has 16 heavy (non-hydrogen) atoms. The molecule has 0 atom stereocenters. The number of carbonyl (C=O) groups excluding carboxylic acids is 1. The highest BCUT2D eigenvalue weighted by Crippen LogP contribution is 2.32. The summed E-state index contributed by atoms with van der Waals surface area (Å²) in [5.41, 5.74) is 3.25. The van der Waals surface area contributed by atoms with Crippen LogP contribution in [0.3, 0.4) is 0 Å². The third-order valence-corrected chi connectivity index (χ3v) is 2.91. The first-order valence-electron chi connectivity index (χ1n) is 5.43. The van der Waals surface area contributed by atoms with Crippen LogP contribution in [0.25, 0.3) is 0 Å². The molecule has 0 saturated carbocycles. The number of anilines is 2. The van der Waals surface area contributed by atoms with Crippen molar-refractivity contribution in [2.24, 2.45) is 0 Å². The van der Waals surface area contributed by atoms with Gasteiger partial charge in [0.05, 0.1) is 12.8 Å². The Balaban J connectivity index is 2.43. The zero-order valence-corrected chi connectivity index (χ0v) is 9.62. The van der Waals surface area contributed by atoms with Gasteiger partial charge in [-0.25, -0.2) is 4.79 Å². The minimum Gasteiger partial charge on any atom is -0.452 e. The van der Waals surface area contributed by atoms with Gasteiger partial charge in [-0.1, -0.05) is 6.07 Å². The molecule has 4 heteroatoms. The van der Waals surface area contributed by atoms with Crippen molar-refractivity contribution >= 4 is 17.5 Å². The minimum absolute atomic E-state index is 0.283. The summed E-state index contributed by atoms with van der Waals surface area (Å²) < 4.78 is 4.79. The smallest absolute Gasteiger partial charge is 0.414 e. The van der Waals surface area contributed by atoms with E-state index in [1.54, 1.807) is 4.90 Å². The van der Waals surface area contributed by atoms with Crippen LogP contribution < -0.4 is 10.2 Å². The fourth-order valence-electron chi connectivity index (χ4n) is 2.16. The van der Waals surface area contributed by atoms with E-state index in [2.05, 4.69) is 5.32 Å². The van der Waals surface area contributed by atoms with Gasteiger partial charge in [0, 0.05) is 19.3 Å². The van der Waals surface area contributed by atoms with E-state index in [0.29, 0.717) is 0 Å². The summed E-state index contributed by atoms with van der Waals surface area (Å²) in [7, 11) is 3.31.